The first-order valence-electron chi connectivity index (χ1n) is 15.7. The highest BCUT2D eigenvalue weighted by Gasteiger charge is 2.31. The van der Waals surface area contributed by atoms with E-state index in [9.17, 15) is 19.2 Å². The van der Waals surface area contributed by atoms with Gasteiger partial charge in [0.2, 0.25) is 17.7 Å². The van der Waals surface area contributed by atoms with E-state index in [4.69, 9.17) is 4.98 Å². The highest BCUT2D eigenvalue weighted by atomic mass is 16.2. The van der Waals surface area contributed by atoms with Gasteiger partial charge < -0.3 is 20.5 Å². The van der Waals surface area contributed by atoms with Gasteiger partial charge in [-0.3, -0.25) is 19.0 Å². The van der Waals surface area contributed by atoms with Crippen LogP contribution in [-0.2, 0) is 33.9 Å². The van der Waals surface area contributed by atoms with E-state index in [1.807, 2.05) is 68.4 Å². The van der Waals surface area contributed by atoms with Crippen molar-refractivity contribution in [1.82, 2.24) is 39.8 Å². The van der Waals surface area contributed by atoms with E-state index in [-0.39, 0.29) is 48.7 Å². The van der Waals surface area contributed by atoms with Gasteiger partial charge in [-0.2, -0.15) is 5.10 Å². The number of para-hydroxylation sites is 2. The summed E-state index contributed by atoms with van der Waals surface area (Å²) in [7, 11) is 0. The minimum absolute atomic E-state index is 0.0927. The van der Waals surface area contributed by atoms with Crippen LogP contribution in [0.2, 0.25) is 0 Å². The number of fused-ring (bicyclic) bond motifs is 2. The Hall–Kier alpha value is -4.74. The standard InChI is InChI=1S/C33H42N8O4/c1-4-22(2)30-32(44)35-26(21-24-11-6-5-7-12-24)31-34-23(3)38-41(31)20-19-39(17-10-15-28(42)37-30)29(43)16-18-40-27-14-9-8-13-25(27)36-33(40)45/h5-9,11-14,22,26,30H,4,10,15-21H2,1-3H3,(H,35,44)(H,36,45)(H,37,42)/t22-,26-,30-/m0/s1. The Bertz CT molecular complexity index is 1690. The van der Waals surface area contributed by atoms with Gasteiger partial charge in [0.05, 0.1) is 23.6 Å². The van der Waals surface area contributed by atoms with Crippen LogP contribution in [0.3, 0.4) is 0 Å². The molecule has 238 valence electrons. The second-order valence-electron chi connectivity index (χ2n) is 11.8. The van der Waals surface area contributed by atoms with Crippen molar-refractivity contribution < 1.29 is 14.4 Å². The molecule has 0 saturated heterocycles. The lowest BCUT2D eigenvalue weighted by atomic mass is 9.97. The number of aryl methyl sites for hydroxylation is 2. The predicted molar refractivity (Wildman–Crippen MR) is 170 cm³/mol. The first-order valence-corrected chi connectivity index (χ1v) is 15.7. The molecule has 4 aromatic rings. The molecule has 0 saturated carbocycles. The van der Waals surface area contributed by atoms with Gasteiger partial charge in [-0.25, -0.2) is 14.5 Å². The smallest absolute Gasteiger partial charge is 0.326 e. The molecule has 12 heteroatoms. The van der Waals surface area contributed by atoms with Crippen LogP contribution in [-0.4, -0.2) is 66.1 Å². The Morgan fingerprint density at radius 1 is 1.00 bits per heavy atom. The van der Waals surface area contributed by atoms with Gasteiger partial charge in [0, 0.05) is 32.5 Å². The molecule has 0 unspecified atom stereocenters. The van der Waals surface area contributed by atoms with Crippen LogP contribution in [0.25, 0.3) is 11.0 Å². The fraction of sp³-hybridized carbons (Fsp3) is 0.455. The Balaban J connectivity index is 1.42. The number of benzene rings is 2. The molecule has 0 radical (unpaired) electrons. The fourth-order valence-electron chi connectivity index (χ4n) is 5.86. The molecule has 2 aromatic heterocycles. The van der Waals surface area contributed by atoms with Gasteiger partial charge in [-0.15, -0.1) is 0 Å². The molecule has 3 amide bonds. The molecule has 0 fully saturated rings. The zero-order valence-corrected chi connectivity index (χ0v) is 26.2. The van der Waals surface area contributed by atoms with E-state index in [1.54, 1.807) is 21.1 Å². The van der Waals surface area contributed by atoms with Crippen LogP contribution >= 0.6 is 0 Å². The van der Waals surface area contributed by atoms with Gasteiger partial charge in [-0.1, -0.05) is 62.7 Å². The first-order chi connectivity index (χ1) is 21.7. The highest BCUT2D eigenvalue weighted by molar-refractivity contribution is 5.88. The summed E-state index contributed by atoms with van der Waals surface area (Å²) >= 11 is 0. The van der Waals surface area contributed by atoms with Crippen LogP contribution in [0.1, 0.15) is 62.8 Å². The van der Waals surface area contributed by atoms with E-state index < -0.39 is 12.1 Å². The lowest BCUT2D eigenvalue weighted by Crippen LogP contribution is -2.51. The van der Waals surface area contributed by atoms with Crippen molar-refractivity contribution in [3.05, 3.63) is 82.3 Å². The number of hydrogen-bond donors (Lipinski definition) is 3. The number of aromatic amines is 1. The Morgan fingerprint density at radius 2 is 1.76 bits per heavy atom. The van der Waals surface area contributed by atoms with Crippen molar-refractivity contribution in [3.8, 4) is 0 Å². The van der Waals surface area contributed by atoms with Gasteiger partial charge in [0.15, 0.2) is 0 Å². The van der Waals surface area contributed by atoms with Crippen LogP contribution in [0.5, 0.6) is 0 Å². The van der Waals surface area contributed by atoms with Gasteiger partial charge in [0.1, 0.15) is 17.7 Å². The molecule has 3 heterocycles. The molecule has 1 aliphatic heterocycles. The minimum Gasteiger partial charge on any atom is -0.344 e. The molecule has 0 aliphatic carbocycles. The van der Waals surface area contributed by atoms with Crippen LogP contribution in [0.4, 0.5) is 0 Å². The van der Waals surface area contributed by atoms with Gasteiger partial charge >= 0.3 is 5.69 Å². The van der Waals surface area contributed by atoms with Crippen molar-refractivity contribution in [3.63, 3.8) is 0 Å². The zero-order valence-electron chi connectivity index (χ0n) is 26.2. The highest BCUT2D eigenvalue weighted by Crippen LogP contribution is 2.20. The lowest BCUT2D eigenvalue weighted by Gasteiger charge is -2.28. The molecule has 3 N–H and O–H groups in total. The molecule has 5 rings (SSSR count). The molecular weight excluding hydrogens is 572 g/mol. The van der Waals surface area contributed by atoms with E-state index in [1.165, 1.54) is 0 Å². The third kappa shape index (κ3) is 7.68. The first kappa shape index (κ1) is 31.7. The summed E-state index contributed by atoms with van der Waals surface area (Å²) in [5, 5.41) is 10.8. The quantitative estimate of drug-likeness (QED) is 0.292. The van der Waals surface area contributed by atoms with E-state index >= 15 is 0 Å². The number of hydrogen-bond acceptors (Lipinski definition) is 6. The maximum Gasteiger partial charge on any atom is 0.326 e. The number of imidazole rings is 1. The molecule has 3 atom stereocenters. The normalized spacial score (nSPS) is 19.0. The maximum atomic E-state index is 13.7. The average molecular weight is 615 g/mol. The summed E-state index contributed by atoms with van der Waals surface area (Å²) in [6.45, 7) is 7.02. The summed E-state index contributed by atoms with van der Waals surface area (Å²) in [4.78, 5) is 62.2. The van der Waals surface area contributed by atoms with Crippen molar-refractivity contribution in [2.45, 2.75) is 78.0 Å². The third-order valence-corrected chi connectivity index (χ3v) is 8.53. The number of rotatable bonds is 7. The topological polar surface area (TPSA) is 147 Å². The van der Waals surface area contributed by atoms with E-state index in [0.29, 0.717) is 50.5 Å². The van der Waals surface area contributed by atoms with E-state index in [0.717, 1.165) is 16.6 Å². The SMILES string of the molecule is CC[C@H](C)[C@@H]1NC(=O)CCCN(C(=O)CCn2c(=O)[nH]c3ccccc32)CCn2nc(C)nc2[C@H](Cc2ccccc2)NC1=O. The van der Waals surface area contributed by atoms with Crippen molar-refractivity contribution in [2.24, 2.45) is 5.92 Å². The Morgan fingerprint density at radius 3 is 2.53 bits per heavy atom. The maximum absolute atomic E-state index is 13.7. The summed E-state index contributed by atoms with van der Waals surface area (Å²) in [6, 6.07) is 16.0. The van der Waals surface area contributed by atoms with Crippen molar-refractivity contribution in [2.75, 3.05) is 13.1 Å². The summed E-state index contributed by atoms with van der Waals surface area (Å²) in [6.07, 6.45) is 1.92. The average Bonchev–Trinajstić information content (AvgIpc) is 3.57. The zero-order chi connectivity index (χ0) is 31.9. The predicted octanol–water partition coefficient (Wildman–Crippen LogP) is 2.87. The van der Waals surface area contributed by atoms with Crippen LogP contribution < -0.4 is 16.3 Å². The number of nitrogens with one attached hydrogen (secondary N) is 3. The van der Waals surface area contributed by atoms with Crippen LogP contribution in [0.15, 0.2) is 59.4 Å². The van der Waals surface area contributed by atoms with Gasteiger partial charge in [-0.05, 0) is 43.4 Å². The fourth-order valence-corrected chi connectivity index (χ4v) is 5.86. The summed E-state index contributed by atoms with van der Waals surface area (Å²) < 4.78 is 3.35. The van der Waals surface area contributed by atoms with E-state index in [2.05, 4.69) is 20.7 Å². The van der Waals surface area contributed by atoms with Crippen LogP contribution in [0, 0.1) is 12.8 Å². The molecule has 0 spiro atoms. The second-order valence-corrected chi connectivity index (χ2v) is 11.8. The number of carbonyl (C=O) groups excluding carboxylic acids is 3. The lowest BCUT2D eigenvalue weighted by molar-refractivity contribution is -0.132. The van der Waals surface area contributed by atoms with Gasteiger partial charge in [0.25, 0.3) is 0 Å². The number of nitrogens with zero attached hydrogens (tertiary/aromatic N) is 5. The second kappa shape index (κ2) is 14.4. The summed E-state index contributed by atoms with van der Waals surface area (Å²) in [5.74, 6) is 0.448. The molecule has 45 heavy (non-hydrogen) atoms. The largest absolute Gasteiger partial charge is 0.344 e. The number of carbonyl (C=O) groups is 3. The number of amides is 3. The number of H-pyrrole nitrogens is 1. The molecule has 2 aromatic carbocycles. The Kier molecular flexibility index (Phi) is 10.1. The molecular formula is C33H42N8O4. The number of aromatic nitrogens is 5. The minimum atomic E-state index is -0.714. The molecule has 1 aliphatic rings. The molecule has 12 nitrogen and oxygen atoms in total. The third-order valence-electron chi connectivity index (χ3n) is 8.53. The summed E-state index contributed by atoms with van der Waals surface area (Å²) in [5.41, 5.74) is 2.23. The monoisotopic (exact) mass is 614 g/mol. The van der Waals surface area contributed by atoms with Crippen molar-refractivity contribution in [1.29, 1.82) is 0 Å². The molecule has 0 bridgehead atoms. The van der Waals surface area contributed by atoms with Crippen molar-refractivity contribution >= 4 is 28.8 Å². The Labute approximate surface area is 262 Å².